The molecule has 2 nitrogen and oxygen atoms in total. The van der Waals surface area contributed by atoms with Gasteiger partial charge in [-0.1, -0.05) is 25.8 Å². The molecule has 4 unspecified atom stereocenters. The predicted molar refractivity (Wildman–Crippen MR) is 59.3 cm³/mol. The average molecular weight is 208 g/mol. The van der Waals surface area contributed by atoms with Crippen LogP contribution in [0.4, 0.5) is 0 Å². The quantitative estimate of drug-likeness (QED) is 0.489. The predicted octanol–water partition coefficient (Wildman–Crippen LogP) is 2.93. The molecule has 2 aliphatic carbocycles. The summed E-state index contributed by atoms with van der Waals surface area (Å²) < 4.78 is 5.33. The smallest absolute Gasteiger partial charge is 0.303 e. The van der Waals surface area contributed by atoms with Crippen molar-refractivity contribution in [1.82, 2.24) is 0 Å². The molecule has 2 heteroatoms. The lowest BCUT2D eigenvalue weighted by Crippen LogP contribution is -2.36. The van der Waals surface area contributed by atoms with Crippen LogP contribution in [0, 0.1) is 17.8 Å². The van der Waals surface area contributed by atoms with Gasteiger partial charge in [-0.15, -0.1) is 0 Å². The zero-order chi connectivity index (χ0) is 10.8. The van der Waals surface area contributed by atoms with Gasteiger partial charge in [0.2, 0.25) is 0 Å². The molecule has 0 aliphatic heterocycles. The normalized spacial score (nSPS) is 39.6. The molecule has 0 amide bonds. The van der Waals surface area contributed by atoms with Crippen molar-refractivity contribution in [3.05, 3.63) is 12.2 Å². The van der Waals surface area contributed by atoms with Crippen molar-refractivity contribution >= 4 is 5.97 Å². The molecule has 0 spiro atoms. The zero-order valence-corrected chi connectivity index (χ0v) is 9.61. The largest absolute Gasteiger partial charge is 0.458 e. The molecule has 0 saturated heterocycles. The van der Waals surface area contributed by atoms with Crippen molar-refractivity contribution < 1.29 is 9.53 Å². The highest BCUT2D eigenvalue weighted by Crippen LogP contribution is 2.41. The van der Waals surface area contributed by atoms with E-state index in [0.29, 0.717) is 5.92 Å². The molecule has 4 atom stereocenters. The van der Waals surface area contributed by atoms with Gasteiger partial charge in [-0.3, -0.25) is 4.79 Å². The number of esters is 1. The number of allylic oxidation sites excluding steroid dienone is 1. The van der Waals surface area contributed by atoms with Crippen LogP contribution in [-0.4, -0.2) is 12.1 Å². The second-order valence-electron chi connectivity index (χ2n) is 4.93. The molecule has 1 saturated carbocycles. The van der Waals surface area contributed by atoms with E-state index in [0.717, 1.165) is 11.8 Å². The molecule has 1 fully saturated rings. The first-order valence-corrected chi connectivity index (χ1v) is 6.04. The van der Waals surface area contributed by atoms with Gasteiger partial charge in [0.15, 0.2) is 0 Å². The maximum Gasteiger partial charge on any atom is 0.303 e. The molecule has 15 heavy (non-hydrogen) atoms. The van der Waals surface area contributed by atoms with Gasteiger partial charge in [0.25, 0.3) is 0 Å². The lowest BCUT2D eigenvalue weighted by atomic mass is 9.68. The van der Waals surface area contributed by atoms with E-state index in [1.165, 1.54) is 32.6 Å². The Morgan fingerprint density at radius 1 is 1.27 bits per heavy atom. The third-order valence-electron chi connectivity index (χ3n) is 3.92. The van der Waals surface area contributed by atoms with E-state index in [9.17, 15) is 4.79 Å². The van der Waals surface area contributed by atoms with Gasteiger partial charge in [0, 0.05) is 12.8 Å². The third-order valence-corrected chi connectivity index (χ3v) is 3.92. The Labute approximate surface area is 91.7 Å². The molecular weight excluding hydrogens is 188 g/mol. The Balaban J connectivity index is 2.07. The summed E-state index contributed by atoms with van der Waals surface area (Å²) >= 11 is 0. The summed E-state index contributed by atoms with van der Waals surface area (Å²) in [6.45, 7) is 3.72. The van der Waals surface area contributed by atoms with Gasteiger partial charge >= 0.3 is 5.97 Å². The lowest BCUT2D eigenvalue weighted by Gasteiger charge is -2.40. The summed E-state index contributed by atoms with van der Waals surface area (Å²) in [4.78, 5) is 11.0. The highest BCUT2D eigenvalue weighted by atomic mass is 16.5. The zero-order valence-electron chi connectivity index (χ0n) is 9.61. The number of fused-ring (bicyclic) bond motifs is 1. The van der Waals surface area contributed by atoms with Crippen LogP contribution in [0.3, 0.4) is 0 Å². The number of hydrogen-bond acceptors (Lipinski definition) is 2. The van der Waals surface area contributed by atoms with Crippen molar-refractivity contribution in [3.63, 3.8) is 0 Å². The van der Waals surface area contributed by atoms with E-state index in [1.54, 1.807) is 0 Å². The Bertz CT molecular complexity index is 270. The first kappa shape index (κ1) is 10.7. The minimum Gasteiger partial charge on any atom is -0.458 e. The van der Waals surface area contributed by atoms with Crippen molar-refractivity contribution in [2.75, 3.05) is 0 Å². The second-order valence-corrected chi connectivity index (χ2v) is 4.93. The minimum absolute atomic E-state index is 0.0156. The van der Waals surface area contributed by atoms with Crippen LogP contribution in [0.2, 0.25) is 0 Å². The molecule has 84 valence electrons. The minimum atomic E-state index is -0.161. The molecule has 0 aromatic heterocycles. The molecule has 0 bridgehead atoms. The summed E-state index contributed by atoms with van der Waals surface area (Å²) in [5.41, 5.74) is 0. The molecule has 0 aromatic carbocycles. The van der Waals surface area contributed by atoms with Gasteiger partial charge in [-0.25, -0.2) is 0 Å². The van der Waals surface area contributed by atoms with Crippen LogP contribution in [0.25, 0.3) is 0 Å². The van der Waals surface area contributed by atoms with Crippen molar-refractivity contribution in [2.45, 2.75) is 45.6 Å². The van der Waals surface area contributed by atoms with Crippen molar-refractivity contribution in [3.8, 4) is 0 Å². The summed E-state index contributed by atoms with van der Waals surface area (Å²) in [6.07, 6.45) is 9.70. The van der Waals surface area contributed by atoms with Crippen LogP contribution in [0.1, 0.15) is 39.5 Å². The fourth-order valence-corrected chi connectivity index (χ4v) is 3.09. The Morgan fingerprint density at radius 2 is 2.00 bits per heavy atom. The summed E-state index contributed by atoms with van der Waals surface area (Å²) in [5, 5.41) is 0. The number of ether oxygens (including phenoxy) is 1. The molecule has 0 aromatic rings. The number of hydrogen-bond donors (Lipinski definition) is 0. The van der Waals surface area contributed by atoms with E-state index >= 15 is 0 Å². The van der Waals surface area contributed by atoms with Crippen LogP contribution >= 0.6 is 0 Å². The molecule has 2 aliphatic rings. The van der Waals surface area contributed by atoms with Gasteiger partial charge < -0.3 is 4.74 Å². The molecule has 2 rings (SSSR count). The fourth-order valence-electron chi connectivity index (χ4n) is 3.09. The van der Waals surface area contributed by atoms with E-state index < -0.39 is 0 Å². The third kappa shape index (κ3) is 2.24. The fraction of sp³-hybridized carbons (Fsp3) is 0.769. The monoisotopic (exact) mass is 208 g/mol. The topological polar surface area (TPSA) is 26.3 Å². The number of rotatable bonds is 1. The number of carbonyl (C=O) groups excluding carboxylic acids is 1. The van der Waals surface area contributed by atoms with Crippen LogP contribution in [-0.2, 0) is 9.53 Å². The number of carbonyl (C=O) groups is 1. The first-order chi connectivity index (χ1) is 7.18. The Morgan fingerprint density at radius 3 is 2.73 bits per heavy atom. The molecule has 0 radical (unpaired) electrons. The average Bonchev–Trinajstić information content (AvgIpc) is 2.22. The highest BCUT2D eigenvalue weighted by Gasteiger charge is 2.35. The van der Waals surface area contributed by atoms with Gasteiger partial charge in [-0.05, 0) is 30.8 Å². The molecular formula is C13H20O2. The first-order valence-electron chi connectivity index (χ1n) is 6.04. The summed E-state index contributed by atoms with van der Waals surface area (Å²) in [7, 11) is 0. The Kier molecular flexibility index (Phi) is 3.13. The van der Waals surface area contributed by atoms with Crippen LogP contribution in [0.5, 0.6) is 0 Å². The van der Waals surface area contributed by atoms with Crippen molar-refractivity contribution in [1.29, 1.82) is 0 Å². The maximum atomic E-state index is 11.0. The lowest BCUT2D eigenvalue weighted by molar-refractivity contribution is -0.147. The second kappa shape index (κ2) is 4.38. The molecule has 0 N–H and O–H groups in total. The van der Waals surface area contributed by atoms with E-state index in [-0.39, 0.29) is 12.1 Å². The maximum absolute atomic E-state index is 11.0. The van der Waals surface area contributed by atoms with Gasteiger partial charge in [0.1, 0.15) is 6.10 Å². The highest BCUT2D eigenvalue weighted by molar-refractivity contribution is 5.66. The van der Waals surface area contributed by atoms with Gasteiger partial charge in [0.05, 0.1) is 0 Å². The summed E-state index contributed by atoms with van der Waals surface area (Å²) in [6, 6.07) is 0. The van der Waals surface area contributed by atoms with E-state index in [4.69, 9.17) is 4.74 Å². The van der Waals surface area contributed by atoms with Crippen LogP contribution < -0.4 is 0 Å². The van der Waals surface area contributed by atoms with E-state index in [2.05, 4.69) is 19.1 Å². The Hall–Kier alpha value is -0.790. The van der Waals surface area contributed by atoms with E-state index in [1.807, 2.05) is 0 Å². The molecule has 0 heterocycles. The summed E-state index contributed by atoms with van der Waals surface area (Å²) in [5.74, 6) is 1.80. The standard InChI is InChI=1S/C13H20O2/c1-9-12-6-4-3-5-11(12)7-8-13(9)15-10(2)14/h7-9,11-13H,3-6H2,1-2H3. The van der Waals surface area contributed by atoms with Gasteiger partial charge in [-0.2, -0.15) is 0 Å². The SMILES string of the molecule is CC(=O)OC1C=CC2CCCCC2C1C. The van der Waals surface area contributed by atoms with Crippen molar-refractivity contribution in [2.24, 2.45) is 17.8 Å². The van der Waals surface area contributed by atoms with Crippen LogP contribution in [0.15, 0.2) is 12.2 Å².